The monoisotopic (exact) mass is 201 g/mol. The van der Waals surface area contributed by atoms with Crippen molar-refractivity contribution in [3.63, 3.8) is 0 Å². The molecule has 84 valence electrons. The maximum atomic E-state index is 8.75. The minimum Gasteiger partial charge on any atom is -0.396 e. The number of rotatable bonds is 4. The van der Waals surface area contributed by atoms with Crippen molar-refractivity contribution in [1.82, 2.24) is 9.80 Å². The Kier molecular flexibility index (Phi) is 4.81. The first-order chi connectivity index (χ1) is 6.63. The highest BCUT2D eigenvalue weighted by Crippen LogP contribution is 2.07. The molecule has 1 heterocycles. The van der Waals surface area contributed by atoms with E-state index in [4.69, 9.17) is 10.8 Å². The lowest BCUT2D eigenvalue weighted by atomic mass is 10.1. The van der Waals surface area contributed by atoms with E-state index in [-0.39, 0.29) is 12.6 Å². The second-order valence-electron chi connectivity index (χ2n) is 4.36. The van der Waals surface area contributed by atoms with Crippen LogP contribution in [0, 0.1) is 0 Å². The third-order valence-corrected chi connectivity index (χ3v) is 3.04. The Hall–Kier alpha value is -0.160. The number of nitrogens with zero attached hydrogens (tertiary/aromatic N) is 2. The van der Waals surface area contributed by atoms with Crippen molar-refractivity contribution in [2.24, 2.45) is 5.73 Å². The number of hydrogen-bond donors (Lipinski definition) is 2. The van der Waals surface area contributed by atoms with E-state index in [0.717, 1.165) is 26.2 Å². The van der Waals surface area contributed by atoms with E-state index in [1.54, 1.807) is 0 Å². The van der Waals surface area contributed by atoms with Gasteiger partial charge < -0.3 is 15.7 Å². The van der Waals surface area contributed by atoms with Crippen molar-refractivity contribution in [3.8, 4) is 0 Å². The van der Waals surface area contributed by atoms with Crippen molar-refractivity contribution in [2.45, 2.75) is 25.4 Å². The van der Waals surface area contributed by atoms with Crippen molar-refractivity contribution in [2.75, 3.05) is 39.8 Å². The molecule has 3 N–H and O–H groups in total. The van der Waals surface area contributed by atoms with E-state index in [1.807, 2.05) is 0 Å². The fraction of sp³-hybridized carbons (Fsp3) is 1.00. The van der Waals surface area contributed by atoms with E-state index in [9.17, 15) is 0 Å². The van der Waals surface area contributed by atoms with E-state index in [1.165, 1.54) is 0 Å². The van der Waals surface area contributed by atoms with Crippen molar-refractivity contribution < 1.29 is 5.11 Å². The van der Waals surface area contributed by atoms with E-state index >= 15 is 0 Å². The molecule has 1 aliphatic heterocycles. The predicted octanol–water partition coefficient (Wildman–Crippen LogP) is -0.668. The zero-order chi connectivity index (χ0) is 10.6. The van der Waals surface area contributed by atoms with Crippen LogP contribution >= 0.6 is 0 Å². The molecule has 2 unspecified atom stereocenters. The molecule has 0 amide bonds. The molecule has 1 rings (SSSR count). The molecule has 1 fully saturated rings. The van der Waals surface area contributed by atoms with Gasteiger partial charge in [-0.25, -0.2) is 0 Å². The normalized spacial score (nSPS) is 27.9. The van der Waals surface area contributed by atoms with Gasteiger partial charge in [0.15, 0.2) is 0 Å². The van der Waals surface area contributed by atoms with E-state index in [0.29, 0.717) is 12.5 Å². The van der Waals surface area contributed by atoms with Crippen molar-refractivity contribution in [1.29, 1.82) is 0 Å². The quantitative estimate of drug-likeness (QED) is 0.633. The highest BCUT2D eigenvalue weighted by molar-refractivity contribution is 4.79. The van der Waals surface area contributed by atoms with Crippen molar-refractivity contribution >= 4 is 0 Å². The van der Waals surface area contributed by atoms with Gasteiger partial charge in [0.05, 0.1) is 0 Å². The Bertz CT molecular complexity index is 165. The number of likely N-dealkylation sites (N-methyl/N-ethyl adjacent to an activating group) is 1. The first-order valence-electron chi connectivity index (χ1n) is 5.42. The van der Waals surface area contributed by atoms with Crippen LogP contribution in [0.2, 0.25) is 0 Å². The molecule has 1 saturated heterocycles. The van der Waals surface area contributed by atoms with Crippen LogP contribution in [0.5, 0.6) is 0 Å². The first kappa shape index (κ1) is 11.9. The van der Waals surface area contributed by atoms with Gasteiger partial charge in [0.2, 0.25) is 0 Å². The predicted molar refractivity (Wildman–Crippen MR) is 58.2 cm³/mol. The van der Waals surface area contributed by atoms with Crippen LogP contribution in [0.4, 0.5) is 0 Å². The zero-order valence-corrected chi connectivity index (χ0v) is 9.32. The summed E-state index contributed by atoms with van der Waals surface area (Å²) in [6.07, 6.45) is 0.709. The van der Waals surface area contributed by atoms with Gasteiger partial charge in [-0.2, -0.15) is 0 Å². The average Bonchev–Trinajstić information content (AvgIpc) is 2.12. The lowest BCUT2D eigenvalue weighted by Gasteiger charge is -2.38. The number of hydrogen-bond acceptors (Lipinski definition) is 4. The van der Waals surface area contributed by atoms with Crippen LogP contribution in [-0.4, -0.2) is 66.8 Å². The fourth-order valence-electron chi connectivity index (χ4n) is 1.88. The SMILES string of the molecule is CC1CN(CC(N)CCO)CCN1C. The zero-order valence-electron chi connectivity index (χ0n) is 9.32. The summed E-state index contributed by atoms with van der Waals surface area (Å²) in [5.74, 6) is 0. The Morgan fingerprint density at radius 2 is 2.21 bits per heavy atom. The topological polar surface area (TPSA) is 52.7 Å². The molecule has 0 saturated carbocycles. The van der Waals surface area contributed by atoms with Crippen LogP contribution in [0.3, 0.4) is 0 Å². The molecule has 0 radical (unpaired) electrons. The molecular formula is C10H23N3O. The largest absolute Gasteiger partial charge is 0.396 e. The summed E-state index contributed by atoms with van der Waals surface area (Å²) in [5, 5.41) is 8.75. The standard InChI is InChI=1S/C10H23N3O/c1-9-7-13(5-4-12(9)2)8-10(11)3-6-14/h9-10,14H,3-8,11H2,1-2H3. The summed E-state index contributed by atoms with van der Waals surface area (Å²) in [6, 6.07) is 0.737. The number of aliphatic hydroxyl groups excluding tert-OH is 1. The van der Waals surface area contributed by atoms with Gasteiger partial charge in [-0.3, -0.25) is 4.90 Å². The molecule has 2 atom stereocenters. The van der Waals surface area contributed by atoms with Gasteiger partial charge in [0.25, 0.3) is 0 Å². The first-order valence-corrected chi connectivity index (χ1v) is 5.42. The summed E-state index contributed by atoms with van der Waals surface area (Å²) in [7, 11) is 2.16. The Labute approximate surface area is 86.7 Å². The molecule has 0 spiro atoms. The van der Waals surface area contributed by atoms with Crippen LogP contribution in [0.25, 0.3) is 0 Å². The number of piperazine rings is 1. The van der Waals surface area contributed by atoms with Gasteiger partial charge in [-0.1, -0.05) is 0 Å². The van der Waals surface area contributed by atoms with Crippen LogP contribution in [-0.2, 0) is 0 Å². The molecule has 0 bridgehead atoms. The summed E-state index contributed by atoms with van der Waals surface area (Å²) >= 11 is 0. The Morgan fingerprint density at radius 3 is 2.79 bits per heavy atom. The van der Waals surface area contributed by atoms with Gasteiger partial charge in [-0.05, 0) is 20.4 Å². The lowest BCUT2D eigenvalue weighted by molar-refractivity contribution is 0.0976. The second kappa shape index (κ2) is 5.66. The summed E-state index contributed by atoms with van der Waals surface area (Å²) < 4.78 is 0. The summed E-state index contributed by atoms with van der Waals surface area (Å²) in [4.78, 5) is 4.76. The molecule has 1 aliphatic rings. The average molecular weight is 201 g/mol. The minimum absolute atomic E-state index is 0.121. The molecular weight excluding hydrogens is 178 g/mol. The van der Waals surface area contributed by atoms with Gasteiger partial charge in [-0.15, -0.1) is 0 Å². The van der Waals surface area contributed by atoms with Crippen LogP contribution in [0.15, 0.2) is 0 Å². The molecule has 0 aromatic rings. The Balaban J connectivity index is 2.25. The molecule has 4 nitrogen and oxygen atoms in total. The van der Waals surface area contributed by atoms with Gasteiger partial charge in [0.1, 0.15) is 0 Å². The lowest BCUT2D eigenvalue weighted by Crippen LogP contribution is -2.52. The molecule has 0 aromatic heterocycles. The maximum absolute atomic E-state index is 8.75. The van der Waals surface area contributed by atoms with Gasteiger partial charge >= 0.3 is 0 Å². The third kappa shape index (κ3) is 3.53. The van der Waals surface area contributed by atoms with Crippen LogP contribution < -0.4 is 5.73 Å². The number of aliphatic hydroxyl groups is 1. The van der Waals surface area contributed by atoms with Crippen LogP contribution in [0.1, 0.15) is 13.3 Å². The highest BCUT2D eigenvalue weighted by atomic mass is 16.3. The molecule has 0 aromatic carbocycles. The molecule has 14 heavy (non-hydrogen) atoms. The summed E-state index contributed by atoms with van der Waals surface area (Å²) in [5.41, 5.74) is 5.88. The highest BCUT2D eigenvalue weighted by Gasteiger charge is 2.21. The fourth-order valence-corrected chi connectivity index (χ4v) is 1.88. The second-order valence-corrected chi connectivity index (χ2v) is 4.36. The van der Waals surface area contributed by atoms with Gasteiger partial charge in [0, 0.05) is 44.9 Å². The smallest absolute Gasteiger partial charge is 0.0446 e. The third-order valence-electron chi connectivity index (χ3n) is 3.04. The van der Waals surface area contributed by atoms with Crippen molar-refractivity contribution in [3.05, 3.63) is 0 Å². The van der Waals surface area contributed by atoms with E-state index < -0.39 is 0 Å². The number of nitrogens with two attached hydrogens (primary N) is 1. The Morgan fingerprint density at radius 1 is 1.50 bits per heavy atom. The van der Waals surface area contributed by atoms with E-state index in [2.05, 4.69) is 23.8 Å². The minimum atomic E-state index is 0.121. The maximum Gasteiger partial charge on any atom is 0.0446 e. The molecule has 4 heteroatoms. The summed E-state index contributed by atoms with van der Waals surface area (Å²) in [6.45, 7) is 6.66. The molecule has 0 aliphatic carbocycles.